The van der Waals surface area contributed by atoms with Gasteiger partial charge in [-0.25, -0.2) is 0 Å². The Balaban J connectivity index is 1.52. The lowest BCUT2D eigenvalue weighted by Crippen LogP contribution is -2.44. The molecule has 0 bridgehead atoms. The molecule has 0 amide bonds. The minimum atomic E-state index is 0.509. The van der Waals surface area contributed by atoms with Gasteiger partial charge >= 0.3 is 0 Å². The molecule has 1 aliphatic carbocycles. The maximum atomic E-state index is 5.56. The van der Waals surface area contributed by atoms with Crippen molar-refractivity contribution in [2.75, 3.05) is 19.6 Å². The number of likely N-dealkylation sites (tertiary alicyclic amines) is 1. The second-order valence-corrected chi connectivity index (χ2v) is 6.10. The van der Waals surface area contributed by atoms with E-state index in [0.717, 1.165) is 13.0 Å². The summed E-state index contributed by atoms with van der Waals surface area (Å²) in [5, 5.41) is 3.76. The highest BCUT2D eigenvalue weighted by atomic mass is 16.3. The van der Waals surface area contributed by atoms with Crippen LogP contribution < -0.4 is 5.32 Å². The van der Waals surface area contributed by atoms with Crippen molar-refractivity contribution in [3.8, 4) is 0 Å². The van der Waals surface area contributed by atoms with E-state index in [-0.39, 0.29) is 0 Å². The van der Waals surface area contributed by atoms with Crippen molar-refractivity contribution in [1.82, 2.24) is 10.2 Å². The second kappa shape index (κ2) is 6.10. The fourth-order valence-electron chi connectivity index (χ4n) is 3.50. The third kappa shape index (κ3) is 3.03. The fraction of sp³-hybridized carbons (Fsp3) is 0.750. The van der Waals surface area contributed by atoms with E-state index in [1.54, 1.807) is 0 Å². The molecule has 19 heavy (non-hydrogen) atoms. The monoisotopic (exact) mass is 262 g/mol. The van der Waals surface area contributed by atoms with Crippen molar-refractivity contribution in [3.05, 3.63) is 23.7 Å². The van der Waals surface area contributed by atoms with E-state index >= 15 is 0 Å². The number of piperidine rings is 1. The lowest BCUT2D eigenvalue weighted by molar-refractivity contribution is 0.167. The van der Waals surface area contributed by atoms with Gasteiger partial charge in [-0.15, -0.1) is 0 Å². The summed E-state index contributed by atoms with van der Waals surface area (Å²) in [6.07, 6.45) is 9.62. The Labute approximate surface area is 116 Å². The highest BCUT2D eigenvalue weighted by Gasteiger charge is 2.23. The maximum Gasteiger partial charge on any atom is 0.108 e. The topological polar surface area (TPSA) is 28.4 Å². The Morgan fingerprint density at radius 2 is 2.16 bits per heavy atom. The zero-order valence-electron chi connectivity index (χ0n) is 12.0. The average Bonchev–Trinajstić information content (AvgIpc) is 2.94. The first kappa shape index (κ1) is 13.2. The molecule has 1 N–H and O–H groups in total. The first-order valence-electron chi connectivity index (χ1n) is 7.88. The van der Waals surface area contributed by atoms with Crippen molar-refractivity contribution >= 4 is 0 Å². The summed E-state index contributed by atoms with van der Waals surface area (Å²) >= 11 is 0. The number of aryl methyl sites for hydroxylation is 1. The Morgan fingerprint density at radius 3 is 3.00 bits per heavy atom. The first-order chi connectivity index (χ1) is 9.34. The Bertz CT molecular complexity index is 395. The molecule has 1 aliphatic heterocycles. The van der Waals surface area contributed by atoms with E-state index in [9.17, 15) is 0 Å². The van der Waals surface area contributed by atoms with Crippen LogP contribution in [0, 0.1) is 0 Å². The van der Waals surface area contributed by atoms with Crippen LogP contribution in [-0.2, 0) is 6.42 Å². The van der Waals surface area contributed by atoms with Crippen LogP contribution in [0.1, 0.15) is 56.4 Å². The molecule has 0 spiro atoms. The molecule has 2 unspecified atom stereocenters. The van der Waals surface area contributed by atoms with E-state index in [0.29, 0.717) is 12.1 Å². The standard InChI is InChI=1S/C16H26N2O/c1-13(18-9-3-2-4-10-18)12-17-15-6-5-7-16-14(15)8-11-19-16/h8,11,13,15,17H,2-7,9-10,12H2,1H3. The number of hydrogen-bond donors (Lipinski definition) is 1. The molecule has 2 heterocycles. The first-order valence-corrected chi connectivity index (χ1v) is 7.88. The van der Waals surface area contributed by atoms with Crippen molar-refractivity contribution in [2.45, 2.75) is 57.5 Å². The molecule has 0 aromatic carbocycles. The SMILES string of the molecule is CC(CNC1CCCc2occc21)N1CCCCC1. The second-order valence-electron chi connectivity index (χ2n) is 6.10. The van der Waals surface area contributed by atoms with Crippen LogP contribution in [0.2, 0.25) is 0 Å². The molecule has 1 fully saturated rings. The normalized spacial score (nSPS) is 26.1. The van der Waals surface area contributed by atoms with Gasteiger partial charge in [-0.1, -0.05) is 6.42 Å². The van der Waals surface area contributed by atoms with E-state index in [2.05, 4.69) is 23.2 Å². The smallest absolute Gasteiger partial charge is 0.108 e. The van der Waals surface area contributed by atoms with Crippen LogP contribution in [0.4, 0.5) is 0 Å². The quantitative estimate of drug-likeness (QED) is 0.903. The molecule has 1 saturated heterocycles. The number of nitrogens with zero attached hydrogens (tertiary/aromatic N) is 1. The molecule has 3 nitrogen and oxygen atoms in total. The van der Waals surface area contributed by atoms with Crippen molar-refractivity contribution in [3.63, 3.8) is 0 Å². The molecule has 0 radical (unpaired) electrons. The summed E-state index contributed by atoms with van der Waals surface area (Å²) in [4.78, 5) is 2.63. The third-order valence-electron chi connectivity index (χ3n) is 4.73. The molecule has 1 aromatic rings. The van der Waals surface area contributed by atoms with Gasteiger partial charge in [0.1, 0.15) is 5.76 Å². The van der Waals surface area contributed by atoms with Gasteiger partial charge in [0.15, 0.2) is 0 Å². The molecule has 3 rings (SSSR count). The summed E-state index contributed by atoms with van der Waals surface area (Å²) in [6, 6.07) is 3.31. The van der Waals surface area contributed by atoms with Crippen molar-refractivity contribution < 1.29 is 4.42 Å². The van der Waals surface area contributed by atoms with E-state index in [4.69, 9.17) is 4.42 Å². The van der Waals surface area contributed by atoms with Crippen LogP contribution in [0.5, 0.6) is 0 Å². The summed E-state index contributed by atoms with van der Waals surface area (Å²) < 4.78 is 5.56. The predicted molar refractivity (Wildman–Crippen MR) is 77.3 cm³/mol. The Morgan fingerprint density at radius 1 is 1.32 bits per heavy atom. The predicted octanol–water partition coefficient (Wildman–Crippen LogP) is 3.12. The number of fused-ring (bicyclic) bond motifs is 1. The minimum absolute atomic E-state index is 0.509. The Kier molecular flexibility index (Phi) is 4.24. The number of furan rings is 1. The van der Waals surface area contributed by atoms with E-state index < -0.39 is 0 Å². The van der Waals surface area contributed by atoms with Gasteiger partial charge in [-0.3, -0.25) is 4.90 Å². The van der Waals surface area contributed by atoms with Crippen LogP contribution in [0.15, 0.2) is 16.7 Å². The highest BCUT2D eigenvalue weighted by molar-refractivity contribution is 5.24. The number of nitrogens with one attached hydrogen (secondary N) is 1. The average molecular weight is 262 g/mol. The molecule has 2 aliphatic rings. The molecule has 1 aromatic heterocycles. The summed E-state index contributed by atoms with van der Waals surface area (Å²) in [5.41, 5.74) is 1.40. The molecule has 0 saturated carbocycles. The Hall–Kier alpha value is -0.800. The summed E-state index contributed by atoms with van der Waals surface area (Å²) in [6.45, 7) is 6.02. The van der Waals surface area contributed by atoms with Gasteiger partial charge in [0, 0.05) is 30.6 Å². The molecule has 2 atom stereocenters. The maximum absolute atomic E-state index is 5.56. The van der Waals surface area contributed by atoms with Crippen molar-refractivity contribution in [1.29, 1.82) is 0 Å². The van der Waals surface area contributed by atoms with Crippen LogP contribution in [0.25, 0.3) is 0 Å². The summed E-state index contributed by atoms with van der Waals surface area (Å²) in [7, 11) is 0. The molecular weight excluding hydrogens is 236 g/mol. The third-order valence-corrected chi connectivity index (χ3v) is 4.73. The van der Waals surface area contributed by atoms with E-state index in [1.165, 1.54) is 56.5 Å². The van der Waals surface area contributed by atoms with Gasteiger partial charge in [-0.2, -0.15) is 0 Å². The number of hydrogen-bond acceptors (Lipinski definition) is 3. The molecule has 106 valence electrons. The van der Waals surface area contributed by atoms with Gasteiger partial charge in [0.25, 0.3) is 0 Å². The van der Waals surface area contributed by atoms with Crippen LogP contribution >= 0.6 is 0 Å². The van der Waals surface area contributed by atoms with Gasteiger partial charge in [0.05, 0.1) is 6.26 Å². The van der Waals surface area contributed by atoms with Gasteiger partial charge in [0.2, 0.25) is 0 Å². The van der Waals surface area contributed by atoms with Crippen LogP contribution in [0.3, 0.4) is 0 Å². The summed E-state index contributed by atoms with van der Waals surface area (Å²) in [5.74, 6) is 1.20. The molecule has 3 heteroatoms. The van der Waals surface area contributed by atoms with Crippen LogP contribution in [-0.4, -0.2) is 30.6 Å². The van der Waals surface area contributed by atoms with Gasteiger partial charge in [-0.05, 0) is 51.8 Å². The van der Waals surface area contributed by atoms with Crippen molar-refractivity contribution in [2.24, 2.45) is 0 Å². The van der Waals surface area contributed by atoms with Gasteiger partial charge < -0.3 is 9.73 Å². The molecular formula is C16H26N2O. The zero-order valence-corrected chi connectivity index (χ0v) is 12.0. The lowest BCUT2D eigenvalue weighted by atomic mass is 9.93. The highest BCUT2D eigenvalue weighted by Crippen LogP contribution is 2.30. The van der Waals surface area contributed by atoms with E-state index in [1.807, 2.05) is 6.26 Å². The zero-order chi connectivity index (χ0) is 13.1. The fourth-order valence-corrected chi connectivity index (χ4v) is 3.50. The lowest BCUT2D eigenvalue weighted by Gasteiger charge is -2.34. The minimum Gasteiger partial charge on any atom is -0.469 e. The largest absolute Gasteiger partial charge is 0.469 e. The number of rotatable bonds is 4.